The van der Waals surface area contributed by atoms with Crippen molar-refractivity contribution < 1.29 is 9.90 Å². The van der Waals surface area contributed by atoms with E-state index in [0.717, 1.165) is 38.9 Å². The van der Waals surface area contributed by atoms with Gasteiger partial charge >= 0.3 is 5.97 Å². The molecule has 1 aromatic carbocycles. The molecule has 1 aliphatic heterocycles. The van der Waals surface area contributed by atoms with E-state index in [2.05, 4.69) is 39.0 Å². The van der Waals surface area contributed by atoms with Gasteiger partial charge in [0.25, 0.3) is 0 Å². The van der Waals surface area contributed by atoms with E-state index < -0.39 is 5.97 Å². The molecule has 0 bridgehead atoms. The van der Waals surface area contributed by atoms with E-state index in [1.807, 2.05) is 6.07 Å². The molecule has 0 saturated carbocycles. The molecule has 1 aromatic rings. The van der Waals surface area contributed by atoms with Crippen LogP contribution in [0.2, 0.25) is 0 Å². The van der Waals surface area contributed by atoms with E-state index in [0.29, 0.717) is 12.3 Å². The fourth-order valence-electron chi connectivity index (χ4n) is 2.63. The number of piperidine rings is 1. The van der Waals surface area contributed by atoms with Gasteiger partial charge in [-0.25, -0.2) is 0 Å². The lowest BCUT2D eigenvalue weighted by molar-refractivity contribution is -0.137. The first-order chi connectivity index (χ1) is 9.15. The number of benzene rings is 1. The monoisotopic (exact) mass is 325 g/mol. The summed E-state index contributed by atoms with van der Waals surface area (Å²) in [5, 5.41) is 8.71. The topological polar surface area (TPSA) is 40.5 Å². The second kappa shape index (κ2) is 7.06. The predicted octanol–water partition coefficient (Wildman–Crippen LogP) is 3.53. The van der Waals surface area contributed by atoms with Crippen molar-refractivity contribution in [1.82, 2.24) is 4.90 Å². The van der Waals surface area contributed by atoms with E-state index >= 15 is 0 Å². The maximum atomic E-state index is 10.6. The highest BCUT2D eigenvalue weighted by Gasteiger charge is 2.20. The Morgan fingerprint density at radius 3 is 2.63 bits per heavy atom. The summed E-state index contributed by atoms with van der Waals surface area (Å²) in [5.41, 5.74) is 1.33. The number of carboxylic acid groups (broad SMARTS) is 1. The van der Waals surface area contributed by atoms with Gasteiger partial charge in [0.15, 0.2) is 0 Å². The van der Waals surface area contributed by atoms with Crippen molar-refractivity contribution in [3.63, 3.8) is 0 Å². The number of carboxylic acids is 1. The van der Waals surface area contributed by atoms with Crippen LogP contribution < -0.4 is 0 Å². The quantitative estimate of drug-likeness (QED) is 0.900. The number of carbonyl (C=O) groups is 1. The minimum Gasteiger partial charge on any atom is -0.481 e. The molecule has 0 spiro atoms. The fraction of sp³-hybridized carbons (Fsp3) is 0.533. The first kappa shape index (κ1) is 14.5. The predicted molar refractivity (Wildman–Crippen MR) is 79.0 cm³/mol. The van der Waals surface area contributed by atoms with E-state index in [1.165, 1.54) is 10.0 Å². The van der Waals surface area contributed by atoms with Crippen LogP contribution in [0, 0.1) is 5.92 Å². The van der Waals surface area contributed by atoms with Crippen LogP contribution in [0.3, 0.4) is 0 Å². The highest BCUT2D eigenvalue weighted by Crippen LogP contribution is 2.24. The van der Waals surface area contributed by atoms with Gasteiger partial charge in [-0.15, -0.1) is 0 Å². The van der Waals surface area contributed by atoms with Gasteiger partial charge < -0.3 is 5.11 Å². The van der Waals surface area contributed by atoms with Crippen molar-refractivity contribution in [2.24, 2.45) is 5.92 Å². The number of halogens is 1. The summed E-state index contributed by atoms with van der Waals surface area (Å²) in [4.78, 5) is 13.0. The third-order valence-electron chi connectivity index (χ3n) is 3.83. The molecule has 1 saturated heterocycles. The van der Waals surface area contributed by atoms with Crippen LogP contribution in [0.1, 0.15) is 31.2 Å². The van der Waals surface area contributed by atoms with Crippen molar-refractivity contribution in [3.05, 3.63) is 34.3 Å². The van der Waals surface area contributed by atoms with Crippen LogP contribution in [-0.4, -0.2) is 29.1 Å². The van der Waals surface area contributed by atoms with Crippen molar-refractivity contribution in [3.8, 4) is 0 Å². The summed E-state index contributed by atoms with van der Waals surface area (Å²) in [7, 11) is 0. The Morgan fingerprint density at radius 2 is 2.00 bits per heavy atom. The highest BCUT2D eigenvalue weighted by molar-refractivity contribution is 9.10. The van der Waals surface area contributed by atoms with Gasteiger partial charge in [0.1, 0.15) is 0 Å². The number of hydrogen-bond donors (Lipinski definition) is 1. The van der Waals surface area contributed by atoms with E-state index in [4.69, 9.17) is 5.11 Å². The first-order valence-electron chi connectivity index (χ1n) is 6.82. The van der Waals surface area contributed by atoms with Gasteiger partial charge in [0, 0.05) is 17.4 Å². The second-order valence-electron chi connectivity index (χ2n) is 5.24. The summed E-state index contributed by atoms with van der Waals surface area (Å²) in [6, 6.07) is 8.33. The molecular formula is C15H20BrNO2. The molecule has 0 radical (unpaired) electrons. The van der Waals surface area contributed by atoms with Gasteiger partial charge in [-0.3, -0.25) is 9.69 Å². The Hall–Kier alpha value is -0.870. The Balaban J connectivity index is 1.77. The molecule has 2 rings (SSSR count). The molecule has 3 nitrogen and oxygen atoms in total. The van der Waals surface area contributed by atoms with Gasteiger partial charge in [-0.2, -0.15) is 0 Å². The van der Waals surface area contributed by atoms with Crippen LogP contribution in [-0.2, 0) is 11.3 Å². The molecule has 4 heteroatoms. The molecule has 1 heterocycles. The third kappa shape index (κ3) is 4.62. The first-order valence-corrected chi connectivity index (χ1v) is 7.62. The van der Waals surface area contributed by atoms with Gasteiger partial charge in [-0.05, 0) is 49.9 Å². The SMILES string of the molecule is O=C(O)CCC1CCN(Cc2ccccc2Br)CC1. The lowest BCUT2D eigenvalue weighted by atomic mass is 9.92. The molecule has 0 aliphatic carbocycles. The lowest BCUT2D eigenvalue weighted by Crippen LogP contribution is -2.33. The van der Waals surface area contributed by atoms with Gasteiger partial charge in [0.05, 0.1) is 0 Å². The smallest absolute Gasteiger partial charge is 0.303 e. The van der Waals surface area contributed by atoms with Gasteiger partial charge in [0.2, 0.25) is 0 Å². The maximum absolute atomic E-state index is 10.6. The standard InChI is InChI=1S/C15H20BrNO2/c16-14-4-2-1-3-13(14)11-17-9-7-12(8-10-17)5-6-15(18)19/h1-4,12H,5-11H2,(H,18,19). The molecular weight excluding hydrogens is 306 g/mol. The zero-order chi connectivity index (χ0) is 13.7. The average molecular weight is 326 g/mol. The summed E-state index contributed by atoms with van der Waals surface area (Å²) < 4.78 is 1.17. The van der Waals surface area contributed by atoms with Crippen molar-refractivity contribution in [2.75, 3.05) is 13.1 Å². The Morgan fingerprint density at radius 1 is 1.32 bits per heavy atom. The van der Waals surface area contributed by atoms with E-state index in [9.17, 15) is 4.79 Å². The number of rotatable bonds is 5. The highest BCUT2D eigenvalue weighted by atomic mass is 79.9. The Kier molecular flexibility index (Phi) is 5.40. The Bertz CT molecular complexity index is 428. The molecule has 0 amide bonds. The molecule has 0 unspecified atom stereocenters. The van der Waals surface area contributed by atoms with Crippen LogP contribution in [0.4, 0.5) is 0 Å². The Labute approximate surface area is 122 Å². The maximum Gasteiger partial charge on any atom is 0.303 e. The number of likely N-dealkylation sites (tertiary alicyclic amines) is 1. The number of aliphatic carboxylic acids is 1. The minimum atomic E-state index is -0.671. The number of nitrogens with zero attached hydrogens (tertiary/aromatic N) is 1. The number of hydrogen-bond acceptors (Lipinski definition) is 2. The van der Waals surface area contributed by atoms with Crippen LogP contribution in [0.25, 0.3) is 0 Å². The lowest BCUT2D eigenvalue weighted by Gasteiger charge is -2.32. The largest absolute Gasteiger partial charge is 0.481 e. The van der Waals surface area contributed by atoms with Crippen LogP contribution in [0.5, 0.6) is 0 Å². The average Bonchev–Trinajstić information content (AvgIpc) is 2.40. The van der Waals surface area contributed by atoms with Crippen molar-refractivity contribution in [1.29, 1.82) is 0 Å². The van der Waals surface area contributed by atoms with E-state index in [-0.39, 0.29) is 0 Å². The summed E-state index contributed by atoms with van der Waals surface area (Å²) >= 11 is 3.58. The molecule has 104 valence electrons. The summed E-state index contributed by atoms with van der Waals surface area (Å²) in [6.45, 7) is 3.13. The van der Waals surface area contributed by atoms with Crippen LogP contribution >= 0.6 is 15.9 Å². The molecule has 1 fully saturated rings. The fourth-order valence-corrected chi connectivity index (χ4v) is 3.04. The normalized spacial score (nSPS) is 17.5. The minimum absolute atomic E-state index is 0.314. The van der Waals surface area contributed by atoms with Crippen LogP contribution in [0.15, 0.2) is 28.7 Å². The second-order valence-corrected chi connectivity index (χ2v) is 6.10. The van der Waals surface area contributed by atoms with Gasteiger partial charge in [-0.1, -0.05) is 34.1 Å². The molecule has 19 heavy (non-hydrogen) atoms. The molecule has 0 aromatic heterocycles. The van der Waals surface area contributed by atoms with Crippen molar-refractivity contribution >= 4 is 21.9 Å². The zero-order valence-corrected chi connectivity index (χ0v) is 12.6. The molecule has 1 N–H and O–H groups in total. The molecule has 1 aliphatic rings. The van der Waals surface area contributed by atoms with E-state index in [1.54, 1.807) is 0 Å². The molecule has 0 atom stereocenters. The third-order valence-corrected chi connectivity index (χ3v) is 4.60. The summed E-state index contributed by atoms with van der Waals surface area (Å²) in [6.07, 6.45) is 3.39. The van der Waals surface area contributed by atoms with Crippen molar-refractivity contribution in [2.45, 2.75) is 32.2 Å². The summed E-state index contributed by atoms with van der Waals surface area (Å²) in [5.74, 6) is -0.0813. The zero-order valence-electron chi connectivity index (χ0n) is 11.0.